The summed E-state index contributed by atoms with van der Waals surface area (Å²) in [5.41, 5.74) is 5.05. The molecule has 0 radical (unpaired) electrons. The van der Waals surface area contributed by atoms with Crippen molar-refractivity contribution < 1.29 is 14.8 Å². The minimum atomic E-state index is -1.08. The van der Waals surface area contributed by atoms with Gasteiger partial charge in [0.15, 0.2) is 5.21 Å². The van der Waals surface area contributed by atoms with Crippen molar-refractivity contribution >= 4 is 11.9 Å². The molecule has 0 amide bonds. The summed E-state index contributed by atoms with van der Waals surface area (Å²) in [7, 11) is 0. The fourth-order valence-electron chi connectivity index (χ4n) is 0.258. The van der Waals surface area contributed by atoms with Gasteiger partial charge in [-0.2, -0.15) is 0 Å². The highest BCUT2D eigenvalue weighted by Gasteiger charge is 1.98. The molecule has 0 unspecified atom stereocenters. The van der Waals surface area contributed by atoms with Gasteiger partial charge in [0.25, 0.3) is 0 Å². The molecule has 0 fully saturated rings. The summed E-state index contributed by atoms with van der Waals surface area (Å²) in [4.78, 5) is 9.81. The Bertz CT molecular complexity index is 211. The number of carbonyl (C=O) groups excluding carboxylic acids is 1. The van der Waals surface area contributed by atoms with Crippen LogP contribution in [0.2, 0.25) is 0 Å². The number of H-pyrrole nitrogens is 1. The lowest BCUT2D eigenvalue weighted by Gasteiger charge is -1.77. The Kier molecular flexibility index (Phi) is 3.35. The molecule has 0 saturated carbocycles. The first kappa shape index (κ1) is 9.14. The number of nitrogen functional groups attached to an aromatic ring is 2. The van der Waals surface area contributed by atoms with Gasteiger partial charge in [0.05, 0.1) is 4.91 Å². The number of carbonyl (C=O) groups is 1. The zero-order valence-corrected chi connectivity index (χ0v) is 5.81. The molecule has 1 heterocycles. The maximum Gasteiger partial charge on any atom is 0.376 e. The number of carboxylic acids is 1. The van der Waals surface area contributed by atoms with Crippen LogP contribution in [0.4, 0.5) is 5.95 Å². The van der Waals surface area contributed by atoms with Crippen LogP contribution in [0.1, 0.15) is 6.92 Å². The molecule has 1 aromatic heterocycles. The molecular weight excluding hydrogens is 152 g/mol. The summed E-state index contributed by atoms with van der Waals surface area (Å²) < 4.78 is 0. The highest BCUT2D eigenvalue weighted by atomic mass is 16.4. The zero-order chi connectivity index (χ0) is 8.85. The lowest BCUT2D eigenvalue weighted by molar-refractivity contribution is -0.754. The Morgan fingerprint density at radius 2 is 2.27 bits per heavy atom. The van der Waals surface area contributed by atoms with Gasteiger partial charge in [0, 0.05) is 5.97 Å². The summed E-state index contributed by atoms with van der Waals surface area (Å²) in [6.07, 6.45) is 0. The SMILES string of the molecule is CC(=O)[O-].Nc1nn[n+](N)[nH]1. The van der Waals surface area contributed by atoms with Gasteiger partial charge in [-0.15, -0.1) is 5.10 Å². The van der Waals surface area contributed by atoms with Crippen molar-refractivity contribution in [3.05, 3.63) is 0 Å². The van der Waals surface area contributed by atoms with Crippen molar-refractivity contribution in [3.63, 3.8) is 0 Å². The van der Waals surface area contributed by atoms with Gasteiger partial charge in [-0.1, -0.05) is 0 Å². The summed E-state index contributed by atoms with van der Waals surface area (Å²) >= 11 is 0. The normalized spacial score (nSPS) is 8.09. The maximum atomic E-state index is 8.89. The summed E-state index contributed by atoms with van der Waals surface area (Å²) in [5, 5.41) is 17.9. The zero-order valence-electron chi connectivity index (χ0n) is 5.81. The number of tetrazole rings is 1. The van der Waals surface area contributed by atoms with Gasteiger partial charge in [-0.3, -0.25) is 0 Å². The number of aromatic amines is 1. The average molecular weight is 160 g/mol. The number of rotatable bonds is 0. The monoisotopic (exact) mass is 160 g/mol. The highest BCUT2D eigenvalue weighted by molar-refractivity contribution is 5.60. The lowest BCUT2D eigenvalue weighted by atomic mass is 10.9. The molecule has 8 nitrogen and oxygen atoms in total. The molecular formula is C3H8N6O2. The van der Waals surface area contributed by atoms with E-state index >= 15 is 0 Å². The van der Waals surface area contributed by atoms with E-state index in [1.54, 1.807) is 0 Å². The van der Waals surface area contributed by atoms with Gasteiger partial charge >= 0.3 is 5.95 Å². The molecule has 62 valence electrons. The Hall–Kier alpha value is -1.86. The second-order valence-electron chi connectivity index (χ2n) is 1.52. The van der Waals surface area contributed by atoms with Gasteiger partial charge < -0.3 is 15.6 Å². The van der Waals surface area contributed by atoms with Crippen LogP contribution in [0.3, 0.4) is 0 Å². The van der Waals surface area contributed by atoms with Gasteiger partial charge in [-0.05, 0) is 6.92 Å². The third-order valence-electron chi connectivity index (χ3n) is 0.478. The van der Waals surface area contributed by atoms with E-state index in [1.165, 1.54) is 0 Å². The molecule has 0 saturated heterocycles. The van der Waals surface area contributed by atoms with Crippen LogP contribution in [0.25, 0.3) is 0 Å². The van der Waals surface area contributed by atoms with Crippen molar-refractivity contribution in [2.45, 2.75) is 6.92 Å². The van der Waals surface area contributed by atoms with Crippen molar-refractivity contribution in [1.82, 2.24) is 15.4 Å². The smallest absolute Gasteiger partial charge is 0.376 e. The molecule has 1 rings (SSSR count). The standard InChI is InChI=1S/C2H4O2.CH4N6/c1-2(3)4;2-1-4-6-7(3)5-1/h1H3,(H,3,4);3H2,(H2,2,5). The van der Waals surface area contributed by atoms with E-state index in [0.29, 0.717) is 0 Å². The number of aliphatic carboxylic acids is 1. The second kappa shape index (κ2) is 4.04. The third-order valence-corrected chi connectivity index (χ3v) is 0.478. The minimum absolute atomic E-state index is 0.211. The number of nitrogens with one attached hydrogen (secondary N) is 1. The predicted molar refractivity (Wildman–Crippen MR) is 31.8 cm³/mol. The largest absolute Gasteiger partial charge is 0.550 e. The number of hydrogen-bond donors (Lipinski definition) is 3. The highest BCUT2D eigenvalue weighted by Crippen LogP contribution is 1.70. The maximum absolute atomic E-state index is 8.89. The Morgan fingerprint density at radius 3 is 2.36 bits per heavy atom. The number of nitrogens with two attached hydrogens (primary N) is 2. The summed E-state index contributed by atoms with van der Waals surface area (Å²) in [6.45, 7) is 0.972. The van der Waals surface area contributed by atoms with Crippen LogP contribution in [0, 0.1) is 0 Å². The molecule has 0 atom stereocenters. The van der Waals surface area contributed by atoms with E-state index in [-0.39, 0.29) is 5.95 Å². The number of nitrogens with zero attached hydrogens (tertiary/aromatic N) is 3. The molecule has 0 bridgehead atoms. The predicted octanol–water partition coefficient (Wildman–Crippen LogP) is -3.86. The van der Waals surface area contributed by atoms with Crippen LogP contribution in [0.15, 0.2) is 0 Å². The van der Waals surface area contributed by atoms with E-state index in [4.69, 9.17) is 21.5 Å². The Balaban J connectivity index is 0.000000218. The van der Waals surface area contributed by atoms with E-state index in [2.05, 4.69) is 15.4 Å². The quantitative estimate of drug-likeness (QED) is 0.262. The molecule has 8 heteroatoms. The van der Waals surface area contributed by atoms with E-state index in [9.17, 15) is 0 Å². The molecule has 5 N–H and O–H groups in total. The fraction of sp³-hybridized carbons (Fsp3) is 0.333. The molecule has 0 aliphatic rings. The molecule has 0 aliphatic carbocycles. The summed E-state index contributed by atoms with van der Waals surface area (Å²) in [5.74, 6) is 4.11. The number of hydrogen-bond acceptors (Lipinski definition) is 6. The number of anilines is 1. The van der Waals surface area contributed by atoms with E-state index in [0.717, 1.165) is 11.8 Å². The third kappa shape index (κ3) is 6.02. The van der Waals surface area contributed by atoms with Gasteiger partial charge in [0.2, 0.25) is 0 Å². The average Bonchev–Trinajstić information content (AvgIpc) is 2.13. The molecule has 0 spiro atoms. The Labute approximate surface area is 61.8 Å². The van der Waals surface area contributed by atoms with Crippen LogP contribution in [-0.2, 0) is 4.79 Å². The van der Waals surface area contributed by atoms with Crippen molar-refractivity contribution in [3.8, 4) is 0 Å². The molecule has 1 aromatic rings. The fourth-order valence-corrected chi connectivity index (χ4v) is 0.258. The second-order valence-corrected chi connectivity index (χ2v) is 1.52. The van der Waals surface area contributed by atoms with Gasteiger partial charge in [0.1, 0.15) is 5.10 Å². The van der Waals surface area contributed by atoms with E-state index < -0.39 is 5.97 Å². The molecule has 0 aliphatic heterocycles. The molecule has 11 heavy (non-hydrogen) atoms. The van der Waals surface area contributed by atoms with Crippen molar-refractivity contribution in [1.29, 1.82) is 0 Å². The Morgan fingerprint density at radius 1 is 1.82 bits per heavy atom. The van der Waals surface area contributed by atoms with Crippen molar-refractivity contribution in [2.75, 3.05) is 11.6 Å². The van der Waals surface area contributed by atoms with Crippen LogP contribution in [0.5, 0.6) is 0 Å². The van der Waals surface area contributed by atoms with E-state index in [1.807, 2.05) is 0 Å². The first-order valence-corrected chi connectivity index (χ1v) is 2.55. The lowest BCUT2D eigenvalue weighted by Crippen LogP contribution is -2.49. The number of aromatic nitrogens is 4. The van der Waals surface area contributed by atoms with Crippen LogP contribution in [-0.4, -0.2) is 21.4 Å². The first-order valence-electron chi connectivity index (χ1n) is 2.55. The number of carboxylic acid groups (broad SMARTS) is 1. The summed E-state index contributed by atoms with van der Waals surface area (Å²) in [6, 6.07) is 0. The van der Waals surface area contributed by atoms with Gasteiger partial charge in [-0.25, -0.2) is 5.84 Å². The first-order chi connectivity index (χ1) is 5.02. The van der Waals surface area contributed by atoms with Crippen LogP contribution >= 0.6 is 0 Å². The van der Waals surface area contributed by atoms with Crippen molar-refractivity contribution in [2.24, 2.45) is 0 Å². The molecule has 0 aromatic carbocycles. The van der Waals surface area contributed by atoms with Crippen LogP contribution < -0.4 is 21.6 Å². The topological polar surface area (TPSA) is 138 Å². The minimum Gasteiger partial charge on any atom is -0.550 e.